The first-order valence-electron chi connectivity index (χ1n) is 4.17. The van der Waals surface area contributed by atoms with E-state index in [1.54, 1.807) is 12.4 Å². The minimum absolute atomic E-state index is 0.839. The molecule has 0 saturated carbocycles. The smallest absolute Gasteiger partial charge is 0.116 e. The van der Waals surface area contributed by atoms with Crippen molar-refractivity contribution in [2.24, 2.45) is 0 Å². The molecule has 0 saturated heterocycles. The highest BCUT2D eigenvalue weighted by molar-refractivity contribution is 5.91. The van der Waals surface area contributed by atoms with E-state index in [0.29, 0.717) is 0 Å². The largest absolute Gasteiger partial charge is 0.253 e. The highest BCUT2D eigenvalue weighted by atomic mass is 14.8. The molecule has 2 heterocycles. The zero-order chi connectivity index (χ0) is 9.38. The molecule has 4 heteroatoms. The van der Waals surface area contributed by atoms with Crippen LogP contribution in [0.15, 0.2) is 30.9 Å². The molecule has 65 valence electrons. The lowest BCUT2D eigenvalue weighted by Crippen LogP contribution is -1.85. The highest BCUT2D eigenvalue weighted by Gasteiger charge is 1.99. The van der Waals surface area contributed by atoms with Crippen molar-refractivity contribution in [1.82, 2.24) is 19.9 Å². The van der Waals surface area contributed by atoms with E-state index in [4.69, 9.17) is 0 Å². The van der Waals surface area contributed by atoms with Crippen molar-refractivity contribution in [1.29, 1.82) is 0 Å². The highest BCUT2D eigenvalue weighted by Crippen LogP contribution is 2.15. The Morgan fingerprint density at radius 2 is 1.64 bits per heavy atom. The predicted molar refractivity (Wildman–Crippen MR) is 51.5 cm³/mol. The second kappa shape index (κ2) is 2.70. The van der Waals surface area contributed by atoms with E-state index in [1.165, 1.54) is 6.33 Å². The van der Waals surface area contributed by atoms with Crippen LogP contribution in [0.2, 0.25) is 0 Å². The fraction of sp³-hybridized carbons (Fsp3) is 0. The summed E-state index contributed by atoms with van der Waals surface area (Å²) in [5.74, 6) is 0. The third kappa shape index (κ3) is 1.01. The topological polar surface area (TPSA) is 51.6 Å². The molecule has 1 radical (unpaired) electrons. The molecular weight excluding hydrogens is 176 g/mol. The quantitative estimate of drug-likeness (QED) is 0.491. The van der Waals surface area contributed by atoms with E-state index in [9.17, 15) is 0 Å². The van der Waals surface area contributed by atoms with E-state index >= 15 is 0 Å². The summed E-state index contributed by atoms with van der Waals surface area (Å²) in [6.45, 7) is 0. The van der Waals surface area contributed by atoms with Gasteiger partial charge in [-0.1, -0.05) is 0 Å². The van der Waals surface area contributed by atoms with E-state index < -0.39 is 0 Å². The molecule has 2 aromatic heterocycles. The van der Waals surface area contributed by atoms with Crippen molar-refractivity contribution in [3.8, 4) is 0 Å². The lowest BCUT2D eigenvalue weighted by Gasteiger charge is -1.97. The van der Waals surface area contributed by atoms with E-state index in [1.807, 2.05) is 12.1 Å². The lowest BCUT2D eigenvalue weighted by atomic mass is 10.2. The van der Waals surface area contributed by atoms with Crippen LogP contribution in [0.3, 0.4) is 0 Å². The summed E-state index contributed by atoms with van der Waals surface area (Å²) in [5, 5.41) is 0.862. The van der Waals surface area contributed by atoms with Crippen molar-refractivity contribution < 1.29 is 0 Å². The standard InChI is InChI=1S/C10H5N4/c1-2-13-10-4-8-7(3-9(10)12-1)5-11-6-14-8/h1-4,6H. The summed E-state index contributed by atoms with van der Waals surface area (Å²) in [6, 6.07) is 3.77. The van der Waals surface area contributed by atoms with Crippen LogP contribution in [0, 0.1) is 6.20 Å². The van der Waals surface area contributed by atoms with E-state index in [2.05, 4.69) is 26.1 Å². The summed E-state index contributed by atoms with van der Waals surface area (Å²) in [4.78, 5) is 16.3. The van der Waals surface area contributed by atoms with Crippen molar-refractivity contribution in [2.75, 3.05) is 0 Å². The van der Waals surface area contributed by atoms with E-state index in [0.717, 1.165) is 21.9 Å². The van der Waals surface area contributed by atoms with Crippen molar-refractivity contribution in [3.05, 3.63) is 37.1 Å². The molecule has 0 bridgehead atoms. The third-order valence-electron chi connectivity index (χ3n) is 2.03. The Hall–Kier alpha value is -2.10. The lowest BCUT2D eigenvalue weighted by molar-refractivity contribution is 1.21. The van der Waals surface area contributed by atoms with Gasteiger partial charge in [0.25, 0.3) is 0 Å². The van der Waals surface area contributed by atoms with Gasteiger partial charge >= 0.3 is 0 Å². The normalized spacial score (nSPS) is 10.9. The first-order valence-corrected chi connectivity index (χ1v) is 4.17. The van der Waals surface area contributed by atoms with Gasteiger partial charge in [0.15, 0.2) is 0 Å². The van der Waals surface area contributed by atoms with Crippen LogP contribution in [-0.4, -0.2) is 19.9 Å². The minimum atomic E-state index is 0.839. The zero-order valence-electron chi connectivity index (χ0n) is 7.18. The van der Waals surface area contributed by atoms with Gasteiger partial charge in [0.1, 0.15) is 12.5 Å². The summed E-state index contributed by atoms with van der Waals surface area (Å²) >= 11 is 0. The van der Waals surface area contributed by atoms with Crippen LogP contribution < -0.4 is 0 Å². The van der Waals surface area contributed by atoms with Gasteiger partial charge in [0, 0.05) is 17.8 Å². The molecule has 0 N–H and O–H groups in total. The van der Waals surface area contributed by atoms with Gasteiger partial charge < -0.3 is 0 Å². The van der Waals surface area contributed by atoms with Crippen LogP contribution >= 0.6 is 0 Å². The van der Waals surface area contributed by atoms with Crippen LogP contribution in [0.1, 0.15) is 0 Å². The molecule has 0 aliphatic carbocycles. The Bertz CT molecular complexity index is 501. The first kappa shape index (κ1) is 7.32. The maximum atomic E-state index is 4.19. The molecule has 3 aromatic rings. The number of rotatable bonds is 0. The molecule has 14 heavy (non-hydrogen) atoms. The monoisotopic (exact) mass is 181 g/mol. The molecule has 0 amide bonds. The van der Waals surface area contributed by atoms with Crippen LogP contribution in [0.4, 0.5) is 0 Å². The van der Waals surface area contributed by atoms with Crippen molar-refractivity contribution >= 4 is 21.9 Å². The number of benzene rings is 1. The maximum absolute atomic E-state index is 4.19. The molecule has 3 rings (SSSR count). The average Bonchev–Trinajstić information content (AvgIpc) is 2.26. The number of fused-ring (bicyclic) bond motifs is 2. The van der Waals surface area contributed by atoms with Gasteiger partial charge in [-0.3, -0.25) is 9.97 Å². The maximum Gasteiger partial charge on any atom is 0.116 e. The van der Waals surface area contributed by atoms with E-state index in [-0.39, 0.29) is 0 Å². The average molecular weight is 181 g/mol. The summed E-state index contributed by atoms with van der Waals surface area (Å²) < 4.78 is 0. The molecule has 0 atom stereocenters. The second-order valence-electron chi connectivity index (χ2n) is 2.90. The summed E-state index contributed by atoms with van der Waals surface area (Å²) in [7, 11) is 0. The molecule has 0 aliphatic rings. The molecular formula is C10H5N4. The predicted octanol–water partition coefficient (Wildman–Crippen LogP) is 1.37. The molecule has 0 spiro atoms. The van der Waals surface area contributed by atoms with Crippen LogP contribution in [0.5, 0.6) is 0 Å². The van der Waals surface area contributed by atoms with Gasteiger partial charge in [-0.2, -0.15) is 0 Å². The first-order chi connectivity index (χ1) is 6.93. The molecule has 0 unspecified atom stereocenters. The summed E-state index contributed by atoms with van der Waals surface area (Å²) in [6.07, 6.45) is 7.67. The Balaban J connectivity index is 2.52. The van der Waals surface area contributed by atoms with Crippen LogP contribution in [0.25, 0.3) is 21.9 Å². The molecule has 0 fully saturated rings. The minimum Gasteiger partial charge on any atom is -0.253 e. The number of aromatic nitrogens is 4. The SMILES string of the molecule is [c]1ncnc2cc3nccnc3cc12. The van der Waals surface area contributed by atoms with Gasteiger partial charge in [-0.25, -0.2) is 9.97 Å². The Kier molecular flexibility index (Phi) is 1.41. The molecule has 4 nitrogen and oxygen atoms in total. The van der Waals surface area contributed by atoms with Crippen LogP contribution in [-0.2, 0) is 0 Å². The molecule has 1 aromatic carbocycles. The fourth-order valence-electron chi connectivity index (χ4n) is 1.39. The summed E-state index contributed by atoms with van der Waals surface area (Å²) in [5.41, 5.74) is 2.52. The van der Waals surface area contributed by atoms with Gasteiger partial charge in [0.2, 0.25) is 0 Å². The van der Waals surface area contributed by atoms with Gasteiger partial charge in [-0.05, 0) is 12.1 Å². The number of hydrogen-bond acceptors (Lipinski definition) is 4. The van der Waals surface area contributed by atoms with Crippen molar-refractivity contribution in [2.45, 2.75) is 0 Å². The fourth-order valence-corrected chi connectivity index (χ4v) is 1.39. The third-order valence-corrected chi connectivity index (χ3v) is 2.03. The second-order valence-corrected chi connectivity index (χ2v) is 2.90. The number of hydrogen-bond donors (Lipinski definition) is 0. The zero-order valence-corrected chi connectivity index (χ0v) is 7.18. The Labute approximate surface area is 79.7 Å². The molecule has 0 aliphatic heterocycles. The van der Waals surface area contributed by atoms with Gasteiger partial charge in [-0.15, -0.1) is 0 Å². The Morgan fingerprint density at radius 1 is 0.857 bits per heavy atom. The number of nitrogens with zero attached hydrogens (tertiary/aromatic N) is 4. The Morgan fingerprint density at radius 3 is 2.50 bits per heavy atom. The van der Waals surface area contributed by atoms with Crippen molar-refractivity contribution in [3.63, 3.8) is 0 Å². The van der Waals surface area contributed by atoms with Gasteiger partial charge in [0.05, 0.1) is 16.6 Å².